The highest BCUT2D eigenvalue weighted by molar-refractivity contribution is 7.86. The van der Waals surface area contributed by atoms with Crippen molar-refractivity contribution in [3.05, 3.63) is 42.5 Å². The summed E-state index contributed by atoms with van der Waals surface area (Å²) < 4.78 is 34.9. The van der Waals surface area contributed by atoms with Crippen molar-refractivity contribution in [2.45, 2.75) is 43.5 Å². The second-order valence-electron chi connectivity index (χ2n) is 4.73. The molecule has 4 nitrogen and oxygen atoms in total. The summed E-state index contributed by atoms with van der Waals surface area (Å²) in [5, 5.41) is 0. The number of ether oxygens (including phenoxy) is 1. The Labute approximate surface area is 114 Å². The maximum absolute atomic E-state index is 12.2. The molecule has 0 amide bonds. The van der Waals surface area contributed by atoms with Crippen LogP contribution in [0.3, 0.4) is 0 Å². The Hall–Kier alpha value is -1.17. The Morgan fingerprint density at radius 3 is 2.47 bits per heavy atom. The fraction of sp³-hybridized carbons (Fsp3) is 0.429. The van der Waals surface area contributed by atoms with Crippen molar-refractivity contribution in [2.24, 2.45) is 0 Å². The van der Waals surface area contributed by atoms with E-state index in [0.717, 1.165) is 5.56 Å². The lowest BCUT2D eigenvalue weighted by Gasteiger charge is -2.14. The van der Waals surface area contributed by atoms with E-state index in [2.05, 4.69) is 6.58 Å². The highest BCUT2D eigenvalue weighted by Crippen LogP contribution is 2.30. The predicted molar refractivity (Wildman–Crippen MR) is 72.4 cm³/mol. The van der Waals surface area contributed by atoms with E-state index in [1.54, 1.807) is 30.3 Å². The molecule has 104 valence electrons. The van der Waals surface area contributed by atoms with Crippen molar-refractivity contribution < 1.29 is 17.3 Å². The van der Waals surface area contributed by atoms with Crippen molar-refractivity contribution in [2.75, 3.05) is 0 Å². The molecule has 0 spiro atoms. The molecule has 1 aromatic rings. The summed E-state index contributed by atoms with van der Waals surface area (Å²) in [6.45, 7) is 7.41. The molecule has 0 aliphatic carbocycles. The van der Waals surface area contributed by atoms with Gasteiger partial charge in [-0.2, -0.15) is 8.42 Å². The molecule has 19 heavy (non-hydrogen) atoms. The second kappa shape index (κ2) is 5.45. The van der Waals surface area contributed by atoms with Crippen LogP contribution in [0.1, 0.15) is 18.9 Å². The van der Waals surface area contributed by atoms with Crippen LogP contribution in [0.15, 0.2) is 41.8 Å². The summed E-state index contributed by atoms with van der Waals surface area (Å²) in [5.41, 5.74) is 1.00. The summed E-state index contributed by atoms with van der Waals surface area (Å²) >= 11 is 0. The molecule has 0 N–H and O–H groups in total. The van der Waals surface area contributed by atoms with Gasteiger partial charge in [-0.3, -0.25) is 4.18 Å². The van der Waals surface area contributed by atoms with E-state index in [4.69, 9.17) is 8.92 Å². The topological polar surface area (TPSA) is 55.9 Å². The number of hydrogen-bond acceptors (Lipinski definition) is 4. The molecule has 1 aliphatic heterocycles. The minimum Gasteiger partial charge on any atom is -0.367 e. The molecule has 1 fully saturated rings. The van der Waals surface area contributed by atoms with Gasteiger partial charge >= 0.3 is 0 Å². The van der Waals surface area contributed by atoms with Crippen molar-refractivity contribution in [3.63, 3.8) is 0 Å². The second-order valence-corrected chi connectivity index (χ2v) is 6.30. The van der Waals surface area contributed by atoms with Gasteiger partial charge in [0.15, 0.2) is 0 Å². The van der Waals surface area contributed by atoms with E-state index in [1.165, 1.54) is 0 Å². The third kappa shape index (κ3) is 3.43. The smallest absolute Gasteiger partial charge is 0.297 e. The third-order valence-electron chi connectivity index (χ3n) is 3.08. The summed E-state index contributed by atoms with van der Waals surface area (Å²) in [6.07, 6.45) is 1.46. The Morgan fingerprint density at radius 2 is 2.00 bits per heavy atom. The highest BCUT2D eigenvalue weighted by Gasteiger charge is 2.43. The molecular formula is C14H18O4S. The van der Waals surface area contributed by atoms with E-state index in [0.29, 0.717) is 6.42 Å². The van der Waals surface area contributed by atoms with Crippen molar-refractivity contribution in [1.29, 1.82) is 0 Å². The van der Waals surface area contributed by atoms with Crippen LogP contribution in [0.5, 0.6) is 0 Å². The van der Waals surface area contributed by atoms with Crippen LogP contribution in [0.25, 0.3) is 0 Å². The number of hydrogen-bond donors (Lipinski definition) is 0. The SMILES string of the molecule is C=CC[C@H](OS(=O)(=O)c1ccc(C)cc1)[C@@H]1O[C@H]1C. The summed E-state index contributed by atoms with van der Waals surface area (Å²) in [4.78, 5) is 0.167. The van der Waals surface area contributed by atoms with Crippen LogP contribution in [0, 0.1) is 6.92 Å². The zero-order valence-electron chi connectivity index (χ0n) is 11.1. The molecule has 5 heteroatoms. The number of benzene rings is 1. The Kier molecular flexibility index (Phi) is 4.08. The van der Waals surface area contributed by atoms with Gasteiger partial charge in [-0.25, -0.2) is 0 Å². The quantitative estimate of drug-likeness (QED) is 0.457. The van der Waals surface area contributed by atoms with Crippen LogP contribution >= 0.6 is 0 Å². The molecule has 3 atom stereocenters. The molecule has 0 bridgehead atoms. The molecular weight excluding hydrogens is 264 g/mol. The Balaban J connectivity index is 2.15. The van der Waals surface area contributed by atoms with E-state index in [9.17, 15) is 8.42 Å². The maximum Gasteiger partial charge on any atom is 0.297 e. The Morgan fingerprint density at radius 1 is 1.42 bits per heavy atom. The van der Waals surface area contributed by atoms with Gasteiger partial charge in [0.25, 0.3) is 10.1 Å². The van der Waals surface area contributed by atoms with E-state index in [1.807, 2.05) is 13.8 Å². The zero-order valence-corrected chi connectivity index (χ0v) is 11.9. The lowest BCUT2D eigenvalue weighted by Crippen LogP contribution is -2.24. The Bertz CT molecular complexity index is 547. The average molecular weight is 282 g/mol. The van der Waals surface area contributed by atoms with E-state index < -0.39 is 16.2 Å². The van der Waals surface area contributed by atoms with Crippen molar-refractivity contribution in [3.8, 4) is 0 Å². The van der Waals surface area contributed by atoms with Gasteiger partial charge in [-0.05, 0) is 32.4 Å². The fourth-order valence-corrected chi connectivity index (χ4v) is 3.00. The zero-order chi connectivity index (χ0) is 14.0. The van der Waals surface area contributed by atoms with Crippen molar-refractivity contribution >= 4 is 10.1 Å². The van der Waals surface area contributed by atoms with Crippen LogP contribution in [-0.2, 0) is 19.0 Å². The number of epoxide rings is 1. The molecule has 1 aliphatic rings. The standard InChI is InChI=1S/C14H18O4S/c1-4-5-13(14-11(3)17-14)18-19(15,16)12-8-6-10(2)7-9-12/h4,6-9,11,13-14H,1,5H2,2-3H3/t11-,13-,14+/m0/s1. The molecule has 0 unspecified atom stereocenters. The largest absolute Gasteiger partial charge is 0.367 e. The third-order valence-corrected chi connectivity index (χ3v) is 4.43. The highest BCUT2D eigenvalue weighted by atomic mass is 32.2. The summed E-state index contributed by atoms with van der Waals surface area (Å²) in [7, 11) is -3.75. The van der Waals surface area contributed by atoms with E-state index in [-0.39, 0.29) is 17.1 Å². The maximum atomic E-state index is 12.2. The average Bonchev–Trinajstić information content (AvgIpc) is 3.06. The minimum absolute atomic E-state index is 0.0400. The van der Waals surface area contributed by atoms with Crippen molar-refractivity contribution in [1.82, 2.24) is 0 Å². The first-order valence-electron chi connectivity index (χ1n) is 6.20. The van der Waals surface area contributed by atoms with Crippen LogP contribution in [-0.4, -0.2) is 26.7 Å². The van der Waals surface area contributed by atoms with Gasteiger partial charge in [-0.1, -0.05) is 23.8 Å². The van der Waals surface area contributed by atoms with Gasteiger partial charge in [0.05, 0.1) is 11.0 Å². The van der Waals surface area contributed by atoms with E-state index >= 15 is 0 Å². The monoisotopic (exact) mass is 282 g/mol. The number of rotatable bonds is 6. The molecule has 0 aromatic heterocycles. The molecule has 0 radical (unpaired) electrons. The summed E-state index contributed by atoms with van der Waals surface area (Å²) in [6, 6.07) is 6.59. The molecule has 1 saturated heterocycles. The van der Waals surface area contributed by atoms with Crippen LogP contribution in [0.2, 0.25) is 0 Å². The van der Waals surface area contributed by atoms with Crippen LogP contribution < -0.4 is 0 Å². The van der Waals surface area contributed by atoms with Gasteiger partial charge < -0.3 is 4.74 Å². The molecule has 1 aromatic carbocycles. The van der Waals surface area contributed by atoms with Gasteiger partial charge in [-0.15, -0.1) is 6.58 Å². The molecule has 1 heterocycles. The fourth-order valence-electron chi connectivity index (χ4n) is 1.91. The summed E-state index contributed by atoms with van der Waals surface area (Å²) in [5.74, 6) is 0. The molecule has 0 saturated carbocycles. The lowest BCUT2D eigenvalue weighted by atomic mass is 10.1. The van der Waals surface area contributed by atoms with Gasteiger partial charge in [0.1, 0.15) is 12.2 Å². The van der Waals surface area contributed by atoms with Crippen LogP contribution in [0.4, 0.5) is 0 Å². The number of aryl methyl sites for hydroxylation is 1. The first kappa shape index (κ1) is 14.2. The normalized spacial score (nSPS) is 23.9. The first-order chi connectivity index (χ1) is 8.94. The molecule has 2 rings (SSSR count). The predicted octanol–water partition coefficient (Wildman–Crippen LogP) is 2.43. The first-order valence-corrected chi connectivity index (χ1v) is 7.61. The minimum atomic E-state index is -3.75. The van der Waals surface area contributed by atoms with Gasteiger partial charge in [0, 0.05) is 0 Å². The lowest BCUT2D eigenvalue weighted by molar-refractivity contribution is 0.168. The van der Waals surface area contributed by atoms with Gasteiger partial charge in [0.2, 0.25) is 0 Å².